The molecule has 0 radical (unpaired) electrons. The Morgan fingerprint density at radius 3 is 2.43 bits per heavy atom. The maximum Gasteiger partial charge on any atom is 0.411 e. The van der Waals surface area contributed by atoms with Crippen molar-refractivity contribution in [3.8, 4) is 17.2 Å². The first-order valence-electron chi connectivity index (χ1n) is 15.9. The largest absolute Gasteiger partial charge is 0.444 e. The lowest BCUT2D eigenvalue weighted by Gasteiger charge is -2.45. The van der Waals surface area contributed by atoms with Crippen molar-refractivity contribution in [1.82, 2.24) is 33.6 Å². The molecule has 13 heteroatoms. The molecule has 2 fully saturated rings. The highest BCUT2D eigenvalue weighted by atomic mass is 19.1. The molecule has 47 heavy (non-hydrogen) atoms. The van der Waals surface area contributed by atoms with Gasteiger partial charge in [0.25, 0.3) is 0 Å². The number of morpholine rings is 1. The number of nitrogens with zero attached hydrogens (tertiary/aromatic N) is 7. The summed E-state index contributed by atoms with van der Waals surface area (Å²) in [5.74, 6) is -0.513. The number of hydrogen-bond acceptors (Lipinski definition) is 6. The van der Waals surface area contributed by atoms with E-state index in [1.165, 1.54) is 21.5 Å². The van der Waals surface area contributed by atoms with E-state index in [2.05, 4.69) is 5.10 Å². The molecule has 5 heterocycles. The molecule has 2 aromatic carbocycles. The number of fused-ring (bicyclic) bond motifs is 5. The zero-order valence-electron chi connectivity index (χ0n) is 26.8. The van der Waals surface area contributed by atoms with Gasteiger partial charge in [0.2, 0.25) is 0 Å². The Kier molecular flexibility index (Phi) is 6.53. The van der Waals surface area contributed by atoms with Gasteiger partial charge in [-0.25, -0.2) is 23.1 Å². The van der Waals surface area contributed by atoms with Crippen LogP contribution in [0.3, 0.4) is 0 Å². The third-order valence-corrected chi connectivity index (χ3v) is 9.17. The van der Waals surface area contributed by atoms with Gasteiger partial charge < -0.3 is 9.47 Å². The van der Waals surface area contributed by atoms with Crippen LogP contribution in [0.15, 0.2) is 47.7 Å². The zero-order valence-corrected chi connectivity index (χ0v) is 26.8. The van der Waals surface area contributed by atoms with E-state index in [0.717, 1.165) is 12.8 Å². The van der Waals surface area contributed by atoms with Crippen LogP contribution >= 0.6 is 0 Å². The number of carbonyl (C=O) groups excluding carboxylic acids is 1. The van der Waals surface area contributed by atoms with E-state index in [1.54, 1.807) is 53.9 Å². The molecule has 8 rings (SSSR count). The Morgan fingerprint density at radius 1 is 1.00 bits per heavy atom. The van der Waals surface area contributed by atoms with Crippen molar-refractivity contribution in [3.05, 3.63) is 87.4 Å². The second kappa shape index (κ2) is 10.4. The fourth-order valence-corrected chi connectivity index (χ4v) is 6.93. The monoisotopic (exact) mass is 643 g/mol. The first-order chi connectivity index (χ1) is 22.4. The van der Waals surface area contributed by atoms with Gasteiger partial charge >= 0.3 is 11.8 Å². The lowest BCUT2D eigenvalue weighted by atomic mass is 9.92. The van der Waals surface area contributed by atoms with E-state index >= 15 is 4.39 Å². The number of ether oxygens (including phenoxy) is 2. The normalized spacial score (nSPS) is 19.3. The fourth-order valence-electron chi connectivity index (χ4n) is 6.93. The van der Waals surface area contributed by atoms with Crippen molar-refractivity contribution in [2.24, 2.45) is 0 Å². The number of carbonyl (C=O) groups is 1. The minimum Gasteiger partial charge on any atom is -0.444 e. The quantitative estimate of drug-likeness (QED) is 0.252. The minimum atomic E-state index is -0.725. The number of rotatable bonds is 4. The number of aryl methyl sites for hydroxylation is 2. The van der Waals surface area contributed by atoms with Crippen LogP contribution in [-0.4, -0.2) is 64.5 Å². The highest BCUT2D eigenvalue weighted by molar-refractivity contribution is 5.82. The van der Waals surface area contributed by atoms with E-state index in [9.17, 15) is 14.0 Å². The second-order valence-corrected chi connectivity index (χ2v) is 13.8. The highest BCUT2D eigenvalue weighted by Gasteiger charge is 2.46. The van der Waals surface area contributed by atoms with Gasteiger partial charge in [0, 0.05) is 24.4 Å². The van der Waals surface area contributed by atoms with Crippen LogP contribution in [0, 0.1) is 25.5 Å². The molecule has 1 saturated heterocycles. The topological polar surface area (TPSA) is 101 Å². The summed E-state index contributed by atoms with van der Waals surface area (Å²) in [6, 6.07) is 6.05. The molecule has 2 atom stereocenters. The Labute approximate surface area is 268 Å². The van der Waals surface area contributed by atoms with E-state index < -0.39 is 29.2 Å². The van der Waals surface area contributed by atoms with Gasteiger partial charge in [-0.1, -0.05) is 0 Å². The van der Waals surface area contributed by atoms with Crippen LogP contribution in [0.5, 0.6) is 0 Å². The number of aromatic nitrogens is 6. The van der Waals surface area contributed by atoms with Crippen LogP contribution in [0.1, 0.15) is 68.1 Å². The molecule has 0 N–H and O–H groups in total. The molecule has 0 spiro atoms. The van der Waals surface area contributed by atoms with Crippen LogP contribution in [0.25, 0.3) is 28.1 Å². The zero-order chi connectivity index (χ0) is 32.9. The molecule has 1 aliphatic carbocycles. The summed E-state index contributed by atoms with van der Waals surface area (Å²) in [6.07, 6.45) is 6.46. The average molecular weight is 644 g/mol. The molecule has 11 nitrogen and oxygen atoms in total. The second-order valence-electron chi connectivity index (χ2n) is 13.8. The van der Waals surface area contributed by atoms with Crippen molar-refractivity contribution >= 4 is 17.0 Å². The van der Waals surface area contributed by atoms with Crippen LogP contribution in [-0.2, 0) is 15.9 Å². The predicted octanol–water partition coefficient (Wildman–Crippen LogP) is 5.63. The Balaban J connectivity index is 1.31. The van der Waals surface area contributed by atoms with Crippen molar-refractivity contribution in [1.29, 1.82) is 0 Å². The van der Waals surface area contributed by atoms with Gasteiger partial charge in [0.05, 0.1) is 65.5 Å². The van der Waals surface area contributed by atoms with E-state index in [0.29, 0.717) is 57.8 Å². The summed E-state index contributed by atoms with van der Waals surface area (Å²) in [4.78, 5) is 29.6. The summed E-state index contributed by atoms with van der Waals surface area (Å²) in [5, 5.41) is 9.71. The molecule has 1 amide bonds. The van der Waals surface area contributed by atoms with Crippen molar-refractivity contribution in [3.63, 3.8) is 0 Å². The SMILES string of the molecule is Cc1cc(-n2nc3c(c2-n2ccn(-c4ccc5c(cnn5C5CC5)c4F)c2=O)[C@@H]2COC[C@H](C3)N2C(=O)OC(C)(C)C)cc(C)c1F. The van der Waals surface area contributed by atoms with Crippen molar-refractivity contribution < 1.29 is 23.0 Å². The molecule has 3 aromatic heterocycles. The van der Waals surface area contributed by atoms with Crippen LogP contribution in [0.4, 0.5) is 13.6 Å². The molecule has 3 aliphatic rings. The molecular formula is C34H35F2N7O4. The molecule has 0 unspecified atom stereocenters. The summed E-state index contributed by atoms with van der Waals surface area (Å²) in [5.41, 5.74) is 2.20. The number of hydrogen-bond donors (Lipinski definition) is 0. The average Bonchev–Trinajstić information content (AvgIpc) is 3.48. The standard InChI is InChI=1S/C34H35F2N7O4/c1-18-12-21(13-19(2)29(18)35)43-31(28-24(38-43)14-22-16-46-17-27(28)41(22)33(45)47-34(3,4)5)40-11-10-39(32(40)44)26-9-8-25-23(30(26)36)15-37-42(25)20-6-7-20/h8-13,15,20,22,27H,6-7,14,16-17H2,1-5H3/t22-,27-/m0/s1. The van der Waals surface area contributed by atoms with Gasteiger partial charge in [0.1, 0.15) is 17.2 Å². The third kappa shape index (κ3) is 4.69. The molecule has 244 valence electrons. The predicted molar refractivity (Wildman–Crippen MR) is 169 cm³/mol. The Bertz CT molecular complexity index is 2130. The summed E-state index contributed by atoms with van der Waals surface area (Å²) >= 11 is 0. The van der Waals surface area contributed by atoms with Crippen LogP contribution < -0.4 is 5.69 Å². The Hall–Kier alpha value is -4.78. The van der Waals surface area contributed by atoms with Gasteiger partial charge in [-0.3, -0.25) is 18.7 Å². The van der Waals surface area contributed by atoms with Crippen molar-refractivity contribution in [2.45, 2.75) is 77.6 Å². The molecule has 5 aromatic rings. The fraction of sp³-hybridized carbons (Fsp3) is 0.412. The molecule has 2 bridgehead atoms. The maximum atomic E-state index is 16.0. The summed E-state index contributed by atoms with van der Waals surface area (Å²) in [6.45, 7) is 9.25. The number of benzene rings is 2. The van der Waals surface area contributed by atoms with E-state index in [4.69, 9.17) is 14.6 Å². The van der Waals surface area contributed by atoms with E-state index in [1.807, 2.05) is 25.5 Å². The van der Waals surface area contributed by atoms with E-state index in [-0.39, 0.29) is 30.2 Å². The van der Waals surface area contributed by atoms with Gasteiger partial charge in [-0.05, 0) is 82.9 Å². The lowest BCUT2D eigenvalue weighted by molar-refractivity contribution is -0.0675. The summed E-state index contributed by atoms with van der Waals surface area (Å²) < 4.78 is 48.7. The van der Waals surface area contributed by atoms with Crippen molar-refractivity contribution in [2.75, 3.05) is 13.2 Å². The Morgan fingerprint density at radius 2 is 1.72 bits per heavy atom. The molecule has 2 aliphatic heterocycles. The van der Waals surface area contributed by atoms with Gasteiger partial charge in [-0.2, -0.15) is 10.2 Å². The smallest absolute Gasteiger partial charge is 0.411 e. The number of imidazole rings is 1. The van der Waals surface area contributed by atoms with Crippen LogP contribution in [0.2, 0.25) is 0 Å². The maximum absolute atomic E-state index is 16.0. The van der Waals surface area contributed by atoms with Gasteiger partial charge in [-0.15, -0.1) is 0 Å². The minimum absolute atomic E-state index is 0.0847. The summed E-state index contributed by atoms with van der Waals surface area (Å²) in [7, 11) is 0. The first kappa shape index (κ1) is 29.6. The third-order valence-electron chi connectivity index (χ3n) is 9.17. The van der Waals surface area contributed by atoms with Gasteiger partial charge in [0.15, 0.2) is 5.82 Å². The first-order valence-corrected chi connectivity index (χ1v) is 15.9. The lowest BCUT2D eigenvalue weighted by Crippen LogP contribution is -2.55. The highest BCUT2D eigenvalue weighted by Crippen LogP contribution is 2.42. The molecular weight excluding hydrogens is 608 g/mol. The number of amides is 1. The number of halogens is 2. The molecule has 1 saturated carbocycles.